The van der Waals surface area contributed by atoms with E-state index in [9.17, 15) is 14.4 Å². The normalized spacial score (nSPS) is 14.7. The number of amides is 1. The Morgan fingerprint density at radius 3 is 2.46 bits per heavy atom. The molecule has 0 N–H and O–H groups in total. The average Bonchev–Trinajstić information content (AvgIpc) is 3.51. The summed E-state index contributed by atoms with van der Waals surface area (Å²) in [4.78, 5) is 36.7. The van der Waals surface area contributed by atoms with Gasteiger partial charge in [-0.2, -0.15) is 5.01 Å². The summed E-state index contributed by atoms with van der Waals surface area (Å²) < 4.78 is 22.1. The van der Waals surface area contributed by atoms with Gasteiger partial charge in [0.2, 0.25) is 18.0 Å². The van der Waals surface area contributed by atoms with Gasteiger partial charge in [-0.15, -0.1) is 16.4 Å². The summed E-state index contributed by atoms with van der Waals surface area (Å²) in [6.45, 7) is 2.60. The number of hydrazone groups is 1. The number of esters is 2. The van der Waals surface area contributed by atoms with Crippen molar-refractivity contribution >= 4 is 46.7 Å². The van der Waals surface area contributed by atoms with Crippen molar-refractivity contribution < 1.29 is 33.3 Å². The number of halogens is 1. The maximum Gasteiger partial charge on any atom is 0.353 e. The van der Waals surface area contributed by atoms with Crippen molar-refractivity contribution in [1.82, 2.24) is 5.01 Å². The molecule has 1 aliphatic rings. The van der Waals surface area contributed by atoms with Crippen LogP contribution in [0.25, 0.3) is 0 Å². The van der Waals surface area contributed by atoms with Gasteiger partial charge in [-0.1, -0.05) is 17.7 Å². The van der Waals surface area contributed by atoms with E-state index in [4.69, 9.17) is 30.5 Å². The molecule has 0 saturated carbocycles. The topological polar surface area (TPSA) is 104 Å². The Hall–Kier alpha value is -3.89. The summed E-state index contributed by atoms with van der Waals surface area (Å²) in [6.07, 6.45) is -0.956. The predicted molar refractivity (Wildman–Crippen MR) is 128 cm³/mol. The number of carbonyl (C=O) groups excluding carboxylic acids is 3. The Morgan fingerprint density at radius 2 is 1.80 bits per heavy atom. The molecule has 35 heavy (non-hydrogen) atoms. The second kappa shape index (κ2) is 10.2. The summed E-state index contributed by atoms with van der Waals surface area (Å²) in [5.41, 5.74) is 0.803. The van der Waals surface area contributed by atoms with Crippen LogP contribution in [0, 0.1) is 0 Å². The highest BCUT2D eigenvalue weighted by molar-refractivity contribution is 7.12. The lowest BCUT2D eigenvalue weighted by molar-refractivity contribution is -0.135. The van der Waals surface area contributed by atoms with Gasteiger partial charge in [-0.05, 0) is 47.8 Å². The summed E-state index contributed by atoms with van der Waals surface area (Å²) >= 11 is 7.39. The molecule has 0 saturated heterocycles. The van der Waals surface area contributed by atoms with Crippen molar-refractivity contribution in [3.8, 4) is 17.2 Å². The number of rotatable bonds is 6. The molecule has 0 bridgehead atoms. The van der Waals surface area contributed by atoms with Gasteiger partial charge in [-0.3, -0.25) is 9.59 Å². The zero-order valence-corrected chi connectivity index (χ0v) is 20.4. The van der Waals surface area contributed by atoms with E-state index in [0.29, 0.717) is 21.0 Å². The molecule has 0 spiro atoms. The van der Waals surface area contributed by atoms with Crippen LogP contribution in [0.4, 0.5) is 0 Å². The fourth-order valence-corrected chi connectivity index (χ4v) is 4.04. The maximum atomic E-state index is 12.4. The van der Waals surface area contributed by atoms with Crippen LogP contribution < -0.4 is 14.2 Å². The summed E-state index contributed by atoms with van der Waals surface area (Å²) in [5, 5.41) is 7.56. The van der Waals surface area contributed by atoms with Crippen LogP contribution in [0.15, 0.2) is 59.0 Å². The highest BCUT2D eigenvalue weighted by Crippen LogP contribution is 2.38. The summed E-state index contributed by atoms with van der Waals surface area (Å²) in [7, 11) is 1.43. The number of nitrogens with zero attached hydrogens (tertiary/aromatic N) is 2. The zero-order chi connectivity index (χ0) is 25.1. The number of hydrogen-bond acceptors (Lipinski definition) is 9. The molecule has 2 aromatic carbocycles. The molecule has 11 heteroatoms. The second-order valence-corrected chi connectivity index (χ2v) is 8.63. The van der Waals surface area contributed by atoms with Crippen molar-refractivity contribution in [2.75, 3.05) is 7.11 Å². The first-order chi connectivity index (χ1) is 16.8. The van der Waals surface area contributed by atoms with E-state index in [1.165, 1.54) is 44.4 Å². The van der Waals surface area contributed by atoms with Gasteiger partial charge in [0.15, 0.2) is 11.5 Å². The van der Waals surface area contributed by atoms with Crippen molar-refractivity contribution in [3.05, 3.63) is 74.9 Å². The SMILES string of the molecule is COc1cc([C@@H]2OC(c3cc(Cl)ccc3OC(C)=O)=NN2C(C)=O)ccc1OC(=O)c1cccs1. The Kier molecular flexibility index (Phi) is 7.04. The first-order valence-corrected chi connectivity index (χ1v) is 11.5. The van der Waals surface area contributed by atoms with Crippen LogP contribution in [-0.4, -0.2) is 35.9 Å². The second-order valence-electron chi connectivity index (χ2n) is 7.25. The number of methoxy groups -OCH3 is 1. The van der Waals surface area contributed by atoms with Crippen molar-refractivity contribution in [3.63, 3.8) is 0 Å². The Labute approximate surface area is 209 Å². The van der Waals surface area contributed by atoms with Gasteiger partial charge in [0.05, 0.1) is 12.7 Å². The van der Waals surface area contributed by atoms with E-state index in [2.05, 4.69) is 5.10 Å². The monoisotopic (exact) mass is 514 g/mol. The lowest BCUT2D eigenvalue weighted by Gasteiger charge is -2.20. The van der Waals surface area contributed by atoms with Crippen LogP contribution >= 0.6 is 22.9 Å². The molecule has 0 aliphatic carbocycles. The average molecular weight is 515 g/mol. The van der Waals surface area contributed by atoms with E-state index >= 15 is 0 Å². The minimum Gasteiger partial charge on any atom is -0.493 e. The molecule has 0 unspecified atom stereocenters. The summed E-state index contributed by atoms with van der Waals surface area (Å²) in [5.74, 6) is -0.767. The lowest BCUT2D eigenvalue weighted by atomic mass is 10.1. The third-order valence-electron chi connectivity index (χ3n) is 4.79. The standard InChI is InChI=1S/C24H19ClN2O7S/c1-13(28)27-23(34-22(26-27)17-12-16(25)7-9-18(17)32-14(2)29)15-6-8-19(20(11-15)31-3)33-24(30)21-5-4-10-35-21/h4-12,23H,1-3H3/t23-/m0/s1. The molecule has 1 aliphatic heterocycles. The van der Waals surface area contributed by atoms with Gasteiger partial charge in [0.1, 0.15) is 10.6 Å². The largest absolute Gasteiger partial charge is 0.493 e. The highest BCUT2D eigenvalue weighted by Gasteiger charge is 2.35. The zero-order valence-electron chi connectivity index (χ0n) is 18.8. The van der Waals surface area contributed by atoms with Gasteiger partial charge in [0.25, 0.3) is 0 Å². The third-order valence-corrected chi connectivity index (χ3v) is 5.88. The number of thiophene rings is 1. The minimum absolute atomic E-state index is 0.0381. The van der Waals surface area contributed by atoms with E-state index in [-0.39, 0.29) is 23.1 Å². The molecular formula is C24H19ClN2O7S. The minimum atomic E-state index is -0.956. The van der Waals surface area contributed by atoms with Crippen molar-refractivity contribution in [1.29, 1.82) is 0 Å². The van der Waals surface area contributed by atoms with Gasteiger partial charge < -0.3 is 18.9 Å². The number of benzene rings is 2. The highest BCUT2D eigenvalue weighted by atomic mass is 35.5. The fourth-order valence-electron chi connectivity index (χ4n) is 3.27. The van der Waals surface area contributed by atoms with Gasteiger partial charge in [0, 0.05) is 24.4 Å². The fraction of sp³-hybridized carbons (Fsp3) is 0.167. The van der Waals surface area contributed by atoms with Gasteiger partial charge in [-0.25, -0.2) is 4.79 Å². The molecular weight excluding hydrogens is 496 g/mol. The molecule has 9 nitrogen and oxygen atoms in total. The van der Waals surface area contributed by atoms with Crippen molar-refractivity contribution in [2.24, 2.45) is 5.10 Å². The van der Waals surface area contributed by atoms with E-state index in [1.807, 2.05) is 0 Å². The first-order valence-electron chi connectivity index (χ1n) is 10.2. The predicted octanol–water partition coefficient (Wildman–Crippen LogP) is 4.79. The molecule has 1 atom stereocenters. The molecule has 3 aromatic rings. The molecule has 2 heterocycles. The maximum absolute atomic E-state index is 12.4. The first kappa shape index (κ1) is 24.2. The molecule has 0 radical (unpaired) electrons. The van der Waals surface area contributed by atoms with Crippen LogP contribution in [0.5, 0.6) is 17.2 Å². The molecule has 0 fully saturated rings. The van der Waals surface area contributed by atoms with E-state index in [1.54, 1.807) is 41.8 Å². The molecule has 180 valence electrons. The lowest BCUT2D eigenvalue weighted by Crippen LogP contribution is -2.25. The number of ether oxygens (including phenoxy) is 4. The van der Waals surface area contributed by atoms with E-state index in [0.717, 1.165) is 5.01 Å². The van der Waals surface area contributed by atoms with Crippen LogP contribution in [0.1, 0.15) is 40.9 Å². The van der Waals surface area contributed by atoms with E-state index < -0.39 is 24.1 Å². The van der Waals surface area contributed by atoms with Crippen LogP contribution in [0.2, 0.25) is 5.02 Å². The Bertz CT molecular complexity index is 1320. The summed E-state index contributed by atoms with van der Waals surface area (Å²) in [6, 6.07) is 12.8. The van der Waals surface area contributed by atoms with Gasteiger partial charge >= 0.3 is 11.9 Å². The molecule has 4 rings (SSSR count). The van der Waals surface area contributed by atoms with Crippen molar-refractivity contribution in [2.45, 2.75) is 20.1 Å². The van der Waals surface area contributed by atoms with Crippen LogP contribution in [-0.2, 0) is 14.3 Å². The Balaban J connectivity index is 1.64. The number of hydrogen-bond donors (Lipinski definition) is 0. The quantitative estimate of drug-likeness (QED) is 0.344. The van der Waals surface area contributed by atoms with Crippen LogP contribution in [0.3, 0.4) is 0 Å². The smallest absolute Gasteiger partial charge is 0.353 e. The third kappa shape index (κ3) is 5.28. The molecule has 1 aromatic heterocycles. The molecule has 1 amide bonds. The Morgan fingerprint density at radius 1 is 1.03 bits per heavy atom. The number of carbonyl (C=O) groups is 3.